The van der Waals surface area contributed by atoms with Crippen LogP contribution >= 0.6 is 0 Å². The maximum Gasteiger partial charge on any atom is 0.306 e. The van der Waals surface area contributed by atoms with Crippen molar-refractivity contribution in [1.29, 1.82) is 0 Å². The fraction of sp³-hybridized carbons (Fsp3) is 0.909. The maximum absolute atomic E-state index is 11.3. The van der Waals surface area contributed by atoms with Crippen molar-refractivity contribution in [3.05, 3.63) is 0 Å². The summed E-state index contributed by atoms with van der Waals surface area (Å²) in [6.45, 7) is 5.90. The molecule has 0 saturated heterocycles. The van der Waals surface area contributed by atoms with E-state index in [0.717, 1.165) is 6.42 Å². The Morgan fingerprint density at radius 3 is 2.33 bits per heavy atom. The van der Waals surface area contributed by atoms with Crippen LogP contribution in [-0.4, -0.2) is 32.3 Å². The Labute approximate surface area is 92.1 Å². The summed E-state index contributed by atoms with van der Waals surface area (Å²) in [4.78, 5) is 11.3. The first-order chi connectivity index (χ1) is 6.92. The minimum absolute atomic E-state index is 0.0773. The lowest BCUT2D eigenvalue weighted by Gasteiger charge is -2.38. The third-order valence-electron chi connectivity index (χ3n) is 3.32. The van der Waals surface area contributed by atoms with Crippen molar-refractivity contribution < 1.29 is 14.3 Å². The number of carbonyl (C=O) groups excluding carboxylic acids is 1. The molecule has 0 fully saturated rings. The molecule has 4 nitrogen and oxygen atoms in total. The van der Waals surface area contributed by atoms with Crippen LogP contribution < -0.4 is 5.73 Å². The Bertz CT molecular complexity index is 196. The van der Waals surface area contributed by atoms with E-state index in [1.54, 1.807) is 7.11 Å². The lowest BCUT2D eigenvalue weighted by Crippen LogP contribution is -2.48. The van der Waals surface area contributed by atoms with Crippen molar-refractivity contribution in [2.24, 2.45) is 11.1 Å². The van der Waals surface area contributed by atoms with Crippen LogP contribution in [0.15, 0.2) is 0 Å². The Morgan fingerprint density at radius 2 is 2.00 bits per heavy atom. The summed E-state index contributed by atoms with van der Waals surface area (Å²) >= 11 is 0. The number of ether oxygens (including phenoxy) is 2. The molecule has 0 aliphatic rings. The molecule has 0 aromatic heterocycles. The summed E-state index contributed by atoms with van der Waals surface area (Å²) in [6, 6.07) is -0.0773. The van der Waals surface area contributed by atoms with Crippen LogP contribution in [0, 0.1) is 5.41 Å². The second-order valence-electron chi connectivity index (χ2n) is 4.15. The smallest absolute Gasteiger partial charge is 0.306 e. The summed E-state index contributed by atoms with van der Waals surface area (Å²) in [7, 11) is 3.01. The van der Waals surface area contributed by atoms with Crippen molar-refractivity contribution in [2.45, 2.75) is 45.8 Å². The van der Waals surface area contributed by atoms with Gasteiger partial charge in [0, 0.05) is 18.6 Å². The van der Waals surface area contributed by atoms with Gasteiger partial charge in [0.1, 0.15) is 0 Å². The van der Waals surface area contributed by atoms with Gasteiger partial charge in [-0.1, -0.05) is 13.8 Å². The van der Waals surface area contributed by atoms with Crippen molar-refractivity contribution in [2.75, 3.05) is 14.2 Å². The van der Waals surface area contributed by atoms with E-state index in [-0.39, 0.29) is 30.0 Å². The van der Waals surface area contributed by atoms with Gasteiger partial charge in [-0.2, -0.15) is 0 Å². The van der Waals surface area contributed by atoms with Crippen molar-refractivity contribution in [1.82, 2.24) is 0 Å². The minimum atomic E-state index is -0.378. The molecule has 0 spiro atoms. The quantitative estimate of drug-likeness (QED) is 0.682. The number of hydrogen-bond acceptors (Lipinski definition) is 4. The van der Waals surface area contributed by atoms with E-state index < -0.39 is 0 Å². The molecule has 0 aromatic rings. The molecule has 0 bridgehead atoms. The van der Waals surface area contributed by atoms with Gasteiger partial charge in [-0.15, -0.1) is 0 Å². The topological polar surface area (TPSA) is 61.6 Å². The van der Waals surface area contributed by atoms with Crippen molar-refractivity contribution in [3.8, 4) is 0 Å². The van der Waals surface area contributed by atoms with E-state index in [4.69, 9.17) is 10.5 Å². The van der Waals surface area contributed by atoms with Gasteiger partial charge in [0.25, 0.3) is 0 Å². The average Bonchev–Trinajstić information content (AvgIpc) is 2.25. The van der Waals surface area contributed by atoms with E-state index in [2.05, 4.69) is 4.74 Å². The first-order valence-corrected chi connectivity index (χ1v) is 5.27. The van der Waals surface area contributed by atoms with Gasteiger partial charge in [0.2, 0.25) is 0 Å². The van der Waals surface area contributed by atoms with Gasteiger partial charge in [0.15, 0.2) is 0 Å². The van der Waals surface area contributed by atoms with E-state index in [1.807, 2.05) is 20.8 Å². The number of nitrogens with two attached hydrogens (primary N) is 1. The zero-order chi connectivity index (χ0) is 12.1. The molecule has 0 amide bonds. The van der Waals surface area contributed by atoms with Crippen LogP contribution in [0.3, 0.4) is 0 Å². The SMILES string of the molecule is CCC(N)C(C)(CC(=O)OC)C(C)OC. The minimum Gasteiger partial charge on any atom is -0.469 e. The third-order valence-corrected chi connectivity index (χ3v) is 3.32. The van der Waals surface area contributed by atoms with Gasteiger partial charge in [-0.05, 0) is 13.3 Å². The zero-order valence-corrected chi connectivity index (χ0v) is 10.4. The number of rotatable bonds is 6. The predicted molar refractivity (Wildman–Crippen MR) is 59.5 cm³/mol. The number of esters is 1. The molecule has 4 heteroatoms. The molecule has 0 heterocycles. The highest BCUT2D eigenvalue weighted by Gasteiger charge is 2.39. The highest BCUT2D eigenvalue weighted by Crippen LogP contribution is 2.32. The van der Waals surface area contributed by atoms with Gasteiger partial charge < -0.3 is 15.2 Å². The Kier molecular flexibility index (Phi) is 5.83. The van der Waals surface area contributed by atoms with Crippen molar-refractivity contribution in [3.63, 3.8) is 0 Å². The molecule has 0 aromatic carbocycles. The molecular formula is C11H23NO3. The largest absolute Gasteiger partial charge is 0.469 e. The molecule has 90 valence electrons. The number of hydrogen-bond donors (Lipinski definition) is 1. The maximum atomic E-state index is 11.3. The fourth-order valence-corrected chi connectivity index (χ4v) is 1.70. The Morgan fingerprint density at radius 1 is 1.47 bits per heavy atom. The normalized spacial score (nSPS) is 19.1. The van der Waals surface area contributed by atoms with Crippen LogP contribution in [0.4, 0.5) is 0 Å². The average molecular weight is 217 g/mol. The van der Waals surface area contributed by atoms with E-state index in [1.165, 1.54) is 7.11 Å². The predicted octanol–water partition coefficient (Wildman–Crippen LogP) is 1.33. The monoisotopic (exact) mass is 217 g/mol. The van der Waals surface area contributed by atoms with E-state index in [9.17, 15) is 4.79 Å². The molecule has 2 N–H and O–H groups in total. The molecular weight excluding hydrogens is 194 g/mol. The van der Waals surface area contributed by atoms with Crippen molar-refractivity contribution >= 4 is 5.97 Å². The first kappa shape index (κ1) is 14.4. The molecule has 0 aliphatic carbocycles. The van der Waals surface area contributed by atoms with Crippen LogP contribution in [0.5, 0.6) is 0 Å². The van der Waals surface area contributed by atoms with Crippen LogP contribution in [-0.2, 0) is 14.3 Å². The summed E-state index contributed by atoms with van der Waals surface area (Å²) in [5, 5.41) is 0. The molecule has 3 unspecified atom stereocenters. The van der Waals surface area contributed by atoms with Gasteiger partial charge in [-0.25, -0.2) is 0 Å². The summed E-state index contributed by atoms with van der Waals surface area (Å²) in [5.74, 6) is -0.245. The Balaban J connectivity index is 4.76. The van der Waals surface area contributed by atoms with E-state index >= 15 is 0 Å². The second-order valence-corrected chi connectivity index (χ2v) is 4.15. The summed E-state index contributed by atoms with van der Waals surface area (Å²) in [5.41, 5.74) is 5.66. The summed E-state index contributed by atoms with van der Waals surface area (Å²) in [6.07, 6.45) is 1.01. The molecule has 0 rings (SSSR count). The fourth-order valence-electron chi connectivity index (χ4n) is 1.70. The van der Waals surface area contributed by atoms with Gasteiger partial charge in [-0.3, -0.25) is 4.79 Å². The van der Waals surface area contributed by atoms with Crippen LogP contribution in [0.2, 0.25) is 0 Å². The molecule has 15 heavy (non-hydrogen) atoms. The third kappa shape index (κ3) is 3.47. The molecule has 0 saturated carbocycles. The van der Waals surface area contributed by atoms with E-state index in [0.29, 0.717) is 0 Å². The highest BCUT2D eigenvalue weighted by molar-refractivity contribution is 5.70. The first-order valence-electron chi connectivity index (χ1n) is 5.27. The van der Waals surface area contributed by atoms with Gasteiger partial charge in [0.05, 0.1) is 19.6 Å². The standard InChI is InChI=1S/C11H23NO3/c1-6-9(12)11(3,8(2)14-4)7-10(13)15-5/h8-9H,6-7,12H2,1-5H3. The lowest BCUT2D eigenvalue weighted by molar-refractivity contribution is -0.146. The number of carbonyl (C=O) groups is 1. The zero-order valence-electron chi connectivity index (χ0n) is 10.4. The van der Waals surface area contributed by atoms with Gasteiger partial charge >= 0.3 is 5.97 Å². The molecule has 0 aliphatic heterocycles. The lowest BCUT2D eigenvalue weighted by atomic mass is 9.74. The van der Waals surface area contributed by atoms with Crippen LogP contribution in [0.1, 0.15) is 33.6 Å². The highest BCUT2D eigenvalue weighted by atomic mass is 16.5. The molecule has 0 radical (unpaired) electrons. The Hall–Kier alpha value is -0.610. The summed E-state index contributed by atoms with van der Waals surface area (Å²) < 4.78 is 9.98. The number of methoxy groups -OCH3 is 2. The molecule has 3 atom stereocenters. The van der Waals surface area contributed by atoms with Crippen LogP contribution in [0.25, 0.3) is 0 Å². The second kappa shape index (κ2) is 6.08.